The number of hydrogen-bond donors (Lipinski definition) is 1. The fourth-order valence-corrected chi connectivity index (χ4v) is 1.95. The molecule has 0 amide bonds. The molecule has 2 heterocycles. The summed E-state index contributed by atoms with van der Waals surface area (Å²) in [4.78, 5) is 6.07. The van der Waals surface area contributed by atoms with Crippen LogP contribution >= 0.6 is 11.6 Å². The second-order valence-corrected chi connectivity index (χ2v) is 3.97. The van der Waals surface area contributed by atoms with Gasteiger partial charge >= 0.3 is 0 Å². The van der Waals surface area contributed by atoms with Crippen LogP contribution in [0.4, 0.5) is 5.69 Å². The van der Waals surface area contributed by atoms with E-state index in [2.05, 4.69) is 9.88 Å². The van der Waals surface area contributed by atoms with Crippen LogP contribution in [0, 0.1) is 0 Å². The highest BCUT2D eigenvalue weighted by atomic mass is 35.5. The summed E-state index contributed by atoms with van der Waals surface area (Å²) in [5, 5.41) is 10.0. The summed E-state index contributed by atoms with van der Waals surface area (Å²) < 4.78 is 0. The van der Waals surface area contributed by atoms with E-state index in [1.165, 1.54) is 0 Å². The molecule has 0 aromatic carbocycles. The molecule has 0 aliphatic carbocycles. The zero-order valence-electron chi connectivity index (χ0n) is 7.86. The van der Waals surface area contributed by atoms with Gasteiger partial charge < -0.3 is 10.0 Å². The van der Waals surface area contributed by atoms with Crippen molar-refractivity contribution in [1.82, 2.24) is 4.98 Å². The van der Waals surface area contributed by atoms with Crippen molar-refractivity contribution in [3.8, 4) is 0 Å². The maximum atomic E-state index is 9.52. The summed E-state index contributed by atoms with van der Waals surface area (Å²) in [6, 6.07) is 3.75. The van der Waals surface area contributed by atoms with Gasteiger partial charge in [0.1, 0.15) is 5.15 Å². The molecule has 1 aromatic rings. The minimum absolute atomic E-state index is 0.212. The summed E-state index contributed by atoms with van der Waals surface area (Å²) in [7, 11) is 0. The Labute approximate surface area is 88.3 Å². The van der Waals surface area contributed by atoms with Gasteiger partial charge in [0, 0.05) is 25.0 Å². The first-order valence-electron chi connectivity index (χ1n) is 4.80. The average molecular weight is 213 g/mol. The van der Waals surface area contributed by atoms with Crippen molar-refractivity contribution in [2.24, 2.45) is 0 Å². The van der Waals surface area contributed by atoms with E-state index in [1.807, 2.05) is 12.1 Å². The van der Waals surface area contributed by atoms with Crippen molar-refractivity contribution >= 4 is 17.3 Å². The highest BCUT2D eigenvalue weighted by molar-refractivity contribution is 6.29. The van der Waals surface area contributed by atoms with Gasteiger partial charge in [-0.15, -0.1) is 0 Å². The zero-order chi connectivity index (χ0) is 9.97. The van der Waals surface area contributed by atoms with E-state index in [9.17, 15) is 5.11 Å². The van der Waals surface area contributed by atoms with E-state index >= 15 is 0 Å². The quantitative estimate of drug-likeness (QED) is 0.720. The highest BCUT2D eigenvalue weighted by Gasteiger charge is 2.17. The molecule has 4 heteroatoms. The molecule has 2 rings (SSSR count). The lowest BCUT2D eigenvalue weighted by atomic mass is 10.1. The van der Waals surface area contributed by atoms with Crippen molar-refractivity contribution in [3.63, 3.8) is 0 Å². The Bertz CT molecular complexity index is 319. The van der Waals surface area contributed by atoms with Crippen molar-refractivity contribution in [3.05, 3.63) is 23.5 Å². The number of nitrogens with zero attached hydrogens (tertiary/aromatic N) is 2. The van der Waals surface area contributed by atoms with Gasteiger partial charge in [-0.2, -0.15) is 0 Å². The first kappa shape index (κ1) is 9.74. The average Bonchev–Trinajstić information content (AvgIpc) is 2.18. The number of aromatic nitrogens is 1. The molecule has 1 fully saturated rings. The maximum absolute atomic E-state index is 9.52. The van der Waals surface area contributed by atoms with Crippen LogP contribution in [0.3, 0.4) is 0 Å². The third kappa shape index (κ3) is 2.16. The molecule has 0 spiro atoms. The lowest BCUT2D eigenvalue weighted by Crippen LogP contribution is -2.38. The second kappa shape index (κ2) is 4.15. The molecule has 1 aromatic heterocycles. The molecule has 1 aliphatic heterocycles. The maximum Gasteiger partial charge on any atom is 0.131 e. The van der Waals surface area contributed by atoms with E-state index in [0.717, 1.165) is 25.1 Å². The van der Waals surface area contributed by atoms with E-state index in [1.54, 1.807) is 6.20 Å². The number of pyridine rings is 1. The largest absolute Gasteiger partial charge is 0.391 e. The monoisotopic (exact) mass is 212 g/mol. The lowest BCUT2D eigenvalue weighted by Gasteiger charge is -2.31. The lowest BCUT2D eigenvalue weighted by molar-refractivity contribution is 0.154. The minimum atomic E-state index is -0.212. The van der Waals surface area contributed by atoms with Crippen molar-refractivity contribution in [1.29, 1.82) is 0 Å². The fourth-order valence-electron chi connectivity index (χ4n) is 1.78. The van der Waals surface area contributed by atoms with Gasteiger partial charge in [0.15, 0.2) is 0 Å². The number of aliphatic hydroxyl groups excluding tert-OH is 1. The van der Waals surface area contributed by atoms with Gasteiger partial charge in [-0.05, 0) is 25.0 Å². The normalized spacial score (nSPS) is 22.4. The van der Waals surface area contributed by atoms with Gasteiger partial charge in [0.2, 0.25) is 0 Å². The van der Waals surface area contributed by atoms with Crippen LogP contribution in [0.15, 0.2) is 18.3 Å². The summed E-state index contributed by atoms with van der Waals surface area (Å²) >= 11 is 5.80. The number of halogens is 1. The summed E-state index contributed by atoms with van der Waals surface area (Å²) in [5.74, 6) is 0. The number of anilines is 1. The van der Waals surface area contributed by atoms with Gasteiger partial charge in [-0.25, -0.2) is 4.98 Å². The van der Waals surface area contributed by atoms with Crippen LogP contribution in [-0.2, 0) is 0 Å². The summed E-state index contributed by atoms with van der Waals surface area (Å²) in [6.07, 6.45) is 3.41. The molecule has 1 N–H and O–H groups in total. The SMILES string of the molecule is OC1CCCN(c2ccnc(Cl)c2)C1. The minimum Gasteiger partial charge on any atom is -0.391 e. The number of hydrogen-bond acceptors (Lipinski definition) is 3. The van der Waals surface area contributed by atoms with Crippen LogP contribution < -0.4 is 4.90 Å². The molecule has 1 atom stereocenters. The third-order valence-electron chi connectivity index (χ3n) is 2.47. The van der Waals surface area contributed by atoms with Crippen molar-refractivity contribution in [2.45, 2.75) is 18.9 Å². The molecular weight excluding hydrogens is 200 g/mol. The Morgan fingerprint density at radius 3 is 3.14 bits per heavy atom. The molecule has 76 valence electrons. The Kier molecular flexibility index (Phi) is 2.89. The van der Waals surface area contributed by atoms with Crippen LogP contribution in [-0.4, -0.2) is 29.3 Å². The van der Waals surface area contributed by atoms with E-state index in [0.29, 0.717) is 11.7 Å². The Hall–Kier alpha value is -0.800. The summed E-state index contributed by atoms with van der Waals surface area (Å²) in [5.41, 5.74) is 1.05. The topological polar surface area (TPSA) is 36.4 Å². The fraction of sp³-hybridized carbons (Fsp3) is 0.500. The third-order valence-corrected chi connectivity index (χ3v) is 2.68. The zero-order valence-corrected chi connectivity index (χ0v) is 8.61. The Morgan fingerprint density at radius 2 is 2.43 bits per heavy atom. The van der Waals surface area contributed by atoms with Gasteiger partial charge in [0.25, 0.3) is 0 Å². The van der Waals surface area contributed by atoms with Gasteiger partial charge in [0.05, 0.1) is 6.10 Å². The van der Waals surface area contributed by atoms with Crippen molar-refractivity contribution in [2.75, 3.05) is 18.0 Å². The molecular formula is C10H13ClN2O. The number of piperidine rings is 1. The van der Waals surface area contributed by atoms with Crippen LogP contribution in [0.1, 0.15) is 12.8 Å². The molecule has 0 bridgehead atoms. The first-order valence-corrected chi connectivity index (χ1v) is 5.18. The van der Waals surface area contributed by atoms with Crippen LogP contribution in [0.5, 0.6) is 0 Å². The summed E-state index contributed by atoms with van der Waals surface area (Å²) in [6.45, 7) is 1.68. The molecule has 14 heavy (non-hydrogen) atoms. The molecule has 0 radical (unpaired) electrons. The van der Waals surface area contributed by atoms with Crippen LogP contribution in [0.2, 0.25) is 5.15 Å². The number of aliphatic hydroxyl groups is 1. The predicted octanol–water partition coefficient (Wildman–Crippen LogP) is 1.70. The number of β-amino-alcohol motifs (C(OH)–C–C–N with tert-alkyl or cyclic N) is 1. The van der Waals surface area contributed by atoms with Gasteiger partial charge in [-0.1, -0.05) is 11.6 Å². The van der Waals surface area contributed by atoms with Crippen LogP contribution in [0.25, 0.3) is 0 Å². The molecule has 1 unspecified atom stereocenters. The van der Waals surface area contributed by atoms with Crippen molar-refractivity contribution < 1.29 is 5.11 Å². The second-order valence-electron chi connectivity index (χ2n) is 3.58. The van der Waals surface area contributed by atoms with E-state index in [4.69, 9.17) is 11.6 Å². The molecule has 1 saturated heterocycles. The highest BCUT2D eigenvalue weighted by Crippen LogP contribution is 2.21. The Morgan fingerprint density at radius 1 is 1.57 bits per heavy atom. The molecule has 1 aliphatic rings. The molecule has 3 nitrogen and oxygen atoms in total. The number of rotatable bonds is 1. The first-order chi connectivity index (χ1) is 6.75. The van der Waals surface area contributed by atoms with Gasteiger partial charge in [-0.3, -0.25) is 0 Å². The predicted molar refractivity (Wildman–Crippen MR) is 56.7 cm³/mol. The standard InChI is InChI=1S/C10H13ClN2O/c11-10-6-8(3-4-12-10)13-5-1-2-9(14)7-13/h3-4,6,9,14H,1-2,5,7H2. The van der Waals surface area contributed by atoms with E-state index < -0.39 is 0 Å². The molecule has 0 saturated carbocycles. The van der Waals surface area contributed by atoms with E-state index in [-0.39, 0.29) is 6.10 Å². The smallest absolute Gasteiger partial charge is 0.131 e. The Balaban J connectivity index is 2.14.